The molecule has 0 spiro atoms. The summed E-state index contributed by atoms with van der Waals surface area (Å²) in [6.07, 6.45) is 0.856. The van der Waals surface area contributed by atoms with E-state index in [9.17, 15) is 9.59 Å². The maximum atomic E-state index is 10.4. The van der Waals surface area contributed by atoms with Gasteiger partial charge in [0, 0.05) is 0 Å². The number of carboxylic acid groups (broad SMARTS) is 2. The average Bonchev–Trinajstić information content (AvgIpc) is 1.86. The van der Waals surface area contributed by atoms with Crippen LogP contribution in [0.5, 0.6) is 0 Å². The van der Waals surface area contributed by atoms with Crippen LogP contribution < -0.4 is 0 Å². The van der Waals surface area contributed by atoms with Crippen LogP contribution in [0.3, 0.4) is 0 Å². The summed E-state index contributed by atoms with van der Waals surface area (Å²) in [7, 11) is 0. The van der Waals surface area contributed by atoms with Gasteiger partial charge in [0.1, 0.15) is 0 Å². The molecule has 0 aromatic heterocycles. The van der Waals surface area contributed by atoms with Crippen molar-refractivity contribution in [2.75, 3.05) is 0 Å². The Morgan fingerprint density at radius 2 is 1.83 bits per heavy atom. The molecule has 0 radical (unpaired) electrons. The quantitative estimate of drug-likeness (QED) is 0.603. The van der Waals surface area contributed by atoms with Gasteiger partial charge in [-0.25, -0.2) is 0 Å². The Morgan fingerprint density at radius 3 is 2.08 bits per heavy atom. The Labute approximate surface area is 93.3 Å². The van der Waals surface area contributed by atoms with Gasteiger partial charge in [0.05, 0.1) is 12.3 Å². The number of hydrogen-bond acceptors (Lipinski definition) is 2. The molecule has 1 unspecified atom stereocenters. The Kier molecular flexibility index (Phi) is 9.14. The van der Waals surface area contributed by atoms with Crippen molar-refractivity contribution in [3.8, 4) is 0 Å². The van der Waals surface area contributed by atoms with Crippen LogP contribution in [0.1, 0.15) is 26.2 Å². The summed E-state index contributed by atoms with van der Waals surface area (Å²) in [6.45, 7) is 1.83. The second-order valence-corrected chi connectivity index (χ2v) is 2.42. The summed E-state index contributed by atoms with van der Waals surface area (Å²) in [5.74, 6) is -2.79. The summed E-state index contributed by atoms with van der Waals surface area (Å²) in [6, 6.07) is 0. The standard InChI is InChI=1S/C7H12O4.Na.H/c1-2-3-5(7(10)11)4-6(8)9;;/h5H,2-4H2,1H3,(H,8,9)(H,10,11);;. The van der Waals surface area contributed by atoms with E-state index in [4.69, 9.17) is 10.2 Å². The first-order chi connectivity index (χ1) is 5.07. The molecule has 0 fully saturated rings. The molecule has 0 aromatic rings. The minimum absolute atomic E-state index is 0. The van der Waals surface area contributed by atoms with E-state index in [0.717, 1.165) is 0 Å². The fourth-order valence-electron chi connectivity index (χ4n) is 0.872. The first-order valence-corrected chi connectivity index (χ1v) is 3.52. The maximum absolute atomic E-state index is 10.4. The van der Waals surface area contributed by atoms with Crippen molar-refractivity contribution in [3.63, 3.8) is 0 Å². The molecule has 0 aliphatic rings. The number of aliphatic carboxylic acids is 2. The zero-order valence-corrected chi connectivity index (χ0v) is 6.41. The first-order valence-electron chi connectivity index (χ1n) is 3.52. The van der Waals surface area contributed by atoms with Crippen molar-refractivity contribution in [2.24, 2.45) is 5.92 Å². The number of carbonyl (C=O) groups is 2. The third-order valence-electron chi connectivity index (χ3n) is 1.41. The summed E-state index contributed by atoms with van der Waals surface area (Å²) < 4.78 is 0. The van der Waals surface area contributed by atoms with Gasteiger partial charge in [0.15, 0.2) is 0 Å². The summed E-state index contributed by atoms with van der Waals surface area (Å²) >= 11 is 0. The van der Waals surface area contributed by atoms with Crippen LogP contribution in [0.4, 0.5) is 0 Å². The molecule has 0 aromatic carbocycles. The molecule has 0 saturated carbocycles. The van der Waals surface area contributed by atoms with Crippen LogP contribution >= 0.6 is 0 Å². The molecule has 1 atom stereocenters. The van der Waals surface area contributed by atoms with Crippen molar-refractivity contribution < 1.29 is 19.8 Å². The van der Waals surface area contributed by atoms with Gasteiger partial charge in [-0.2, -0.15) is 0 Å². The number of rotatable bonds is 5. The molecule has 0 bridgehead atoms. The molecule has 66 valence electrons. The van der Waals surface area contributed by atoms with Gasteiger partial charge in [-0.3, -0.25) is 9.59 Å². The van der Waals surface area contributed by atoms with Gasteiger partial charge in [-0.05, 0) is 6.42 Å². The topological polar surface area (TPSA) is 74.6 Å². The van der Waals surface area contributed by atoms with Crippen LogP contribution in [0.15, 0.2) is 0 Å². The third-order valence-corrected chi connectivity index (χ3v) is 1.41. The number of carboxylic acids is 2. The van der Waals surface area contributed by atoms with E-state index in [1.807, 2.05) is 6.92 Å². The van der Waals surface area contributed by atoms with E-state index < -0.39 is 17.9 Å². The van der Waals surface area contributed by atoms with Crippen LogP contribution in [0, 0.1) is 5.92 Å². The van der Waals surface area contributed by atoms with Crippen LogP contribution in [0.25, 0.3) is 0 Å². The molecule has 0 aliphatic carbocycles. The summed E-state index contributed by atoms with van der Waals surface area (Å²) in [4.78, 5) is 20.5. The van der Waals surface area contributed by atoms with Gasteiger partial charge in [-0.15, -0.1) is 0 Å². The van der Waals surface area contributed by atoms with Crippen molar-refractivity contribution in [3.05, 3.63) is 0 Å². The van der Waals surface area contributed by atoms with Gasteiger partial charge >= 0.3 is 41.5 Å². The second-order valence-electron chi connectivity index (χ2n) is 2.42. The Hall–Kier alpha value is -0.0600. The predicted octanol–water partition coefficient (Wildman–Crippen LogP) is 0.313. The fourth-order valence-corrected chi connectivity index (χ4v) is 0.872. The molecule has 0 aliphatic heterocycles. The molecule has 0 rings (SSSR count). The molecule has 12 heavy (non-hydrogen) atoms. The van der Waals surface area contributed by atoms with Gasteiger partial charge in [-0.1, -0.05) is 13.3 Å². The van der Waals surface area contributed by atoms with Gasteiger partial charge in [0.25, 0.3) is 0 Å². The van der Waals surface area contributed by atoms with Crippen molar-refractivity contribution >= 4 is 41.5 Å². The predicted molar refractivity (Wildman–Crippen MR) is 45.4 cm³/mol. The first kappa shape index (κ1) is 14.5. The normalized spacial score (nSPS) is 11.4. The zero-order chi connectivity index (χ0) is 8.85. The van der Waals surface area contributed by atoms with Crippen LogP contribution in [0.2, 0.25) is 0 Å². The molecule has 0 saturated heterocycles. The van der Waals surface area contributed by atoms with E-state index in [2.05, 4.69) is 0 Å². The molecule has 4 nitrogen and oxygen atoms in total. The van der Waals surface area contributed by atoms with Crippen molar-refractivity contribution in [1.29, 1.82) is 0 Å². The molecule has 2 N–H and O–H groups in total. The van der Waals surface area contributed by atoms with Gasteiger partial charge < -0.3 is 10.2 Å². The number of hydrogen-bond donors (Lipinski definition) is 2. The SMILES string of the molecule is CCCC(CC(=O)O)C(=O)O.[NaH]. The Morgan fingerprint density at radius 1 is 1.33 bits per heavy atom. The zero-order valence-electron chi connectivity index (χ0n) is 6.41. The fraction of sp³-hybridized carbons (Fsp3) is 0.714. The minimum atomic E-state index is -1.05. The van der Waals surface area contributed by atoms with Crippen LogP contribution in [-0.2, 0) is 9.59 Å². The second kappa shape index (κ2) is 7.58. The molecular weight excluding hydrogens is 171 g/mol. The molecule has 0 amide bonds. The monoisotopic (exact) mass is 184 g/mol. The summed E-state index contributed by atoms with van der Waals surface area (Å²) in [5.41, 5.74) is 0. The summed E-state index contributed by atoms with van der Waals surface area (Å²) in [5, 5.41) is 16.8. The van der Waals surface area contributed by atoms with Gasteiger partial charge in [0.2, 0.25) is 0 Å². The Bertz CT molecular complexity index is 157. The van der Waals surface area contributed by atoms with E-state index >= 15 is 0 Å². The van der Waals surface area contributed by atoms with Crippen LogP contribution in [-0.4, -0.2) is 51.7 Å². The van der Waals surface area contributed by atoms with E-state index in [0.29, 0.717) is 12.8 Å². The molecule has 0 heterocycles. The van der Waals surface area contributed by atoms with E-state index in [1.165, 1.54) is 0 Å². The van der Waals surface area contributed by atoms with E-state index in [1.54, 1.807) is 0 Å². The van der Waals surface area contributed by atoms with Crippen molar-refractivity contribution in [2.45, 2.75) is 26.2 Å². The average molecular weight is 184 g/mol. The molecular formula is C7H13NaO4. The third kappa shape index (κ3) is 6.64. The Balaban J connectivity index is 0. The molecule has 5 heteroatoms. The van der Waals surface area contributed by atoms with Crippen molar-refractivity contribution in [1.82, 2.24) is 0 Å². The van der Waals surface area contributed by atoms with E-state index in [-0.39, 0.29) is 36.0 Å².